The molecule has 0 N–H and O–H groups in total. The number of carbonyl (C=O) groups is 1. The second-order valence-corrected chi connectivity index (χ2v) is 12.3. The van der Waals surface area contributed by atoms with Gasteiger partial charge in [0, 0.05) is 10.6 Å². The number of hydrogen-bond acceptors (Lipinski definition) is 1. The van der Waals surface area contributed by atoms with Gasteiger partial charge in [0.05, 0.1) is 8.07 Å². The van der Waals surface area contributed by atoms with Gasteiger partial charge in [0.2, 0.25) is 0 Å². The van der Waals surface area contributed by atoms with Gasteiger partial charge in [-0.2, -0.15) is 0 Å². The van der Waals surface area contributed by atoms with Gasteiger partial charge >= 0.3 is 0 Å². The average Bonchev–Trinajstić information content (AvgIpc) is 2.37. The summed E-state index contributed by atoms with van der Waals surface area (Å²) in [5.41, 5.74) is 0.879. The molecule has 106 valence electrons. The predicted octanol–water partition coefficient (Wildman–Crippen LogP) is 5.55. The van der Waals surface area contributed by atoms with Crippen LogP contribution in [0, 0.1) is 0 Å². The molecule has 1 rings (SSSR count). The molecule has 0 spiro atoms. The third-order valence-corrected chi connectivity index (χ3v) is 8.26. The molecule has 1 atom stereocenters. The molecule has 1 nitrogen and oxygen atoms in total. The zero-order chi connectivity index (χ0) is 14.5. The minimum Gasteiger partial charge on any atom is -0.294 e. The quantitative estimate of drug-likeness (QED) is 0.362. The summed E-state index contributed by atoms with van der Waals surface area (Å²) < 4.78 is 0. The zero-order valence-corrected chi connectivity index (χ0v) is 14.1. The van der Waals surface area contributed by atoms with E-state index in [-0.39, 0.29) is 5.04 Å². The van der Waals surface area contributed by atoms with Gasteiger partial charge in [-0.05, 0) is 6.42 Å². The van der Waals surface area contributed by atoms with Crippen LogP contribution in [0.4, 0.5) is 0 Å². The van der Waals surface area contributed by atoms with Crippen LogP contribution in [0.1, 0.15) is 49.9 Å². The second-order valence-electron chi connectivity index (χ2n) is 6.73. The molecular weight excluding hydrogens is 248 g/mol. The van der Waals surface area contributed by atoms with Gasteiger partial charge in [0.15, 0.2) is 5.78 Å². The predicted molar refractivity (Wildman–Crippen MR) is 86.6 cm³/mol. The maximum absolute atomic E-state index is 12.9. The summed E-state index contributed by atoms with van der Waals surface area (Å²) in [6.45, 7) is 11.4. The van der Waals surface area contributed by atoms with E-state index in [2.05, 4.69) is 33.5 Å². The van der Waals surface area contributed by atoms with Crippen molar-refractivity contribution in [2.45, 2.75) is 64.2 Å². The first-order chi connectivity index (χ1) is 8.83. The summed E-state index contributed by atoms with van der Waals surface area (Å²) in [5, 5.41) is -0.149. The zero-order valence-electron chi connectivity index (χ0n) is 13.1. The van der Waals surface area contributed by atoms with Gasteiger partial charge in [-0.25, -0.2) is 0 Å². The SMILES string of the molecule is CCCCC[C@](C)(C(=O)c1ccccc1)[Si](C)(C)C. The smallest absolute Gasteiger partial charge is 0.166 e. The van der Waals surface area contributed by atoms with E-state index in [0.717, 1.165) is 18.4 Å². The molecule has 2 heteroatoms. The Balaban J connectivity index is 3.00. The van der Waals surface area contributed by atoms with Gasteiger partial charge in [-0.1, -0.05) is 83.1 Å². The van der Waals surface area contributed by atoms with Gasteiger partial charge < -0.3 is 0 Å². The van der Waals surface area contributed by atoms with Crippen molar-refractivity contribution in [1.82, 2.24) is 0 Å². The largest absolute Gasteiger partial charge is 0.294 e. The van der Waals surface area contributed by atoms with Crippen LogP contribution in [0.3, 0.4) is 0 Å². The van der Waals surface area contributed by atoms with E-state index < -0.39 is 8.07 Å². The topological polar surface area (TPSA) is 17.1 Å². The fourth-order valence-corrected chi connectivity index (χ4v) is 4.22. The third-order valence-electron chi connectivity index (χ3n) is 4.47. The maximum Gasteiger partial charge on any atom is 0.166 e. The van der Waals surface area contributed by atoms with Crippen molar-refractivity contribution in [2.24, 2.45) is 0 Å². The van der Waals surface area contributed by atoms with Crippen LogP contribution in [0.25, 0.3) is 0 Å². The Kier molecular flexibility index (Phi) is 5.54. The van der Waals surface area contributed by atoms with Crippen molar-refractivity contribution in [3.05, 3.63) is 35.9 Å². The number of carbonyl (C=O) groups excluding carboxylic acids is 1. The number of rotatable bonds is 7. The minimum absolute atomic E-state index is 0.149. The van der Waals surface area contributed by atoms with E-state index in [0.29, 0.717) is 5.78 Å². The molecule has 1 aromatic rings. The highest BCUT2D eigenvalue weighted by molar-refractivity contribution is 6.82. The lowest BCUT2D eigenvalue weighted by Gasteiger charge is -2.39. The molecule has 0 heterocycles. The molecule has 0 unspecified atom stereocenters. The fourth-order valence-electron chi connectivity index (χ4n) is 2.47. The Bertz CT molecular complexity index is 405. The van der Waals surface area contributed by atoms with Gasteiger partial charge in [-0.3, -0.25) is 4.79 Å². The van der Waals surface area contributed by atoms with Crippen LogP contribution in [0.2, 0.25) is 24.7 Å². The molecule has 0 aromatic heterocycles. The number of ketones is 1. The fraction of sp³-hybridized carbons (Fsp3) is 0.588. The minimum atomic E-state index is -1.56. The van der Waals surface area contributed by atoms with E-state index in [9.17, 15) is 4.79 Å². The van der Waals surface area contributed by atoms with Crippen molar-refractivity contribution in [1.29, 1.82) is 0 Å². The summed E-state index contributed by atoms with van der Waals surface area (Å²) in [5.74, 6) is 0.350. The first-order valence-electron chi connectivity index (χ1n) is 7.43. The molecule has 1 aromatic carbocycles. The van der Waals surface area contributed by atoms with Crippen LogP contribution in [-0.2, 0) is 0 Å². The molecule has 0 aliphatic carbocycles. The molecule has 0 aliphatic heterocycles. The molecule has 19 heavy (non-hydrogen) atoms. The Labute approximate surface area is 119 Å². The van der Waals surface area contributed by atoms with E-state index in [1.807, 2.05) is 30.3 Å². The summed E-state index contributed by atoms with van der Waals surface area (Å²) in [6, 6.07) is 9.81. The second kappa shape index (κ2) is 6.51. The Hall–Kier alpha value is -0.893. The number of unbranched alkanes of at least 4 members (excludes halogenated alkanes) is 2. The van der Waals surface area contributed by atoms with Crippen LogP contribution in [0.15, 0.2) is 30.3 Å². The highest BCUT2D eigenvalue weighted by atomic mass is 28.3. The lowest BCUT2D eigenvalue weighted by molar-refractivity contribution is 0.0928. The van der Waals surface area contributed by atoms with Gasteiger partial charge in [0.25, 0.3) is 0 Å². The van der Waals surface area contributed by atoms with E-state index >= 15 is 0 Å². The molecule has 0 fully saturated rings. The van der Waals surface area contributed by atoms with Gasteiger partial charge in [0.1, 0.15) is 0 Å². The molecule has 0 radical (unpaired) electrons. The average molecular weight is 276 g/mol. The van der Waals surface area contributed by atoms with Crippen molar-refractivity contribution < 1.29 is 4.79 Å². The van der Waals surface area contributed by atoms with Crippen LogP contribution in [0.5, 0.6) is 0 Å². The summed E-state index contributed by atoms with van der Waals surface area (Å²) in [7, 11) is -1.56. The summed E-state index contributed by atoms with van der Waals surface area (Å²) in [4.78, 5) is 12.9. The molecule has 0 saturated carbocycles. The van der Waals surface area contributed by atoms with Crippen LogP contribution in [-0.4, -0.2) is 13.9 Å². The maximum atomic E-state index is 12.9. The normalized spacial score (nSPS) is 15.0. The van der Waals surface area contributed by atoms with Crippen molar-refractivity contribution >= 4 is 13.9 Å². The Morgan fingerprint density at radius 2 is 1.68 bits per heavy atom. The van der Waals surface area contributed by atoms with Crippen LogP contribution >= 0.6 is 0 Å². The highest BCUT2D eigenvalue weighted by Gasteiger charge is 2.44. The molecule has 0 saturated heterocycles. The third kappa shape index (κ3) is 3.79. The van der Waals surface area contributed by atoms with E-state index in [4.69, 9.17) is 0 Å². The first kappa shape index (κ1) is 16.2. The van der Waals surface area contributed by atoms with E-state index in [1.54, 1.807) is 0 Å². The van der Waals surface area contributed by atoms with Gasteiger partial charge in [-0.15, -0.1) is 0 Å². The van der Waals surface area contributed by atoms with Crippen molar-refractivity contribution in [3.63, 3.8) is 0 Å². The summed E-state index contributed by atoms with van der Waals surface area (Å²) in [6.07, 6.45) is 4.63. The van der Waals surface area contributed by atoms with Crippen molar-refractivity contribution in [3.8, 4) is 0 Å². The number of Topliss-reactive ketones (excluding diaryl/α,β-unsaturated/α-hetero) is 1. The first-order valence-corrected chi connectivity index (χ1v) is 10.9. The summed E-state index contributed by atoms with van der Waals surface area (Å²) >= 11 is 0. The Morgan fingerprint density at radius 3 is 2.16 bits per heavy atom. The molecule has 0 amide bonds. The molecule has 0 bridgehead atoms. The monoisotopic (exact) mass is 276 g/mol. The highest BCUT2D eigenvalue weighted by Crippen LogP contribution is 2.45. The lowest BCUT2D eigenvalue weighted by Crippen LogP contribution is -2.43. The van der Waals surface area contributed by atoms with Crippen LogP contribution < -0.4 is 0 Å². The van der Waals surface area contributed by atoms with Crippen molar-refractivity contribution in [2.75, 3.05) is 0 Å². The Morgan fingerprint density at radius 1 is 1.11 bits per heavy atom. The standard InChI is InChI=1S/C17H28OSi/c1-6-7-11-14-17(2,19(3,4)5)16(18)15-12-9-8-10-13-15/h8-10,12-13H,6-7,11,14H2,1-5H3/t17-/m1/s1. The number of hydrogen-bond donors (Lipinski definition) is 0. The molecular formula is C17H28OSi. The molecule has 0 aliphatic rings. The van der Waals surface area contributed by atoms with E-state index in [1.165, 1.54) is 12.8 Å². The lowest BCUT2D eigenvalue weighted by atomic mass is 9.92. The number of benzene rings is 1.